The zero-order valence-corrected chi connectivity index (χ0v) is 32.2. The normalized spacial score (nSPS) is 12.1. The SMILES string of the molecule is C[Si](C)(C)c1ccc(N(c2ccccc2)c2ccc3c(c2)Oc2cccc4c2c-3cc2c3ccccc3c(N(c3ccccc3)c3ccccc3)cc42)cc1. The molecule has 1 heterocycles. The molecule has 0 N–H and O–H groups in total. The summed E-state index contributed by atoms with van der Waals surface area (Å²) in [5.74, 6) is 1.74. The third kappa shape index (κ3) is 5.65. The van der Waals surface area contributed by atoms with Gasteiger partial charge in [0.2, 0.25) is 0 Å². The lowest BCUT2D eigenvalue weighted by molar-refractivity contribution is 0.487. The Kier molecular flexibility index (Phi) is 7.82. The maximum absolute atomic E-state index is 6.90. The van der Waals surface area contributed by atoms with Gasteiger partial charge in [0.1, 0.15) is 11.5 Å². The van der Waals surface area contributed by atoms with Gasteiger partial charge in [-0.25, -0.2) is 0 Å². The fourth-order valence-electron chi connectivity index (χ4n) is 8.28. The first-order valence-electron chi connectivity index (χ1n) is 19.0. The number of anilines is 6. The first-order chi connectivity index (χ1) is 26.9. The van der Waals surface area contributed by atoms with Gasteiger partial charge in [0.25, 0.3) is 0 Å². The number of para-hydroxylation sites is 3. The maximum Gasteiger partial charge on any atom is 0.137 e. The third-order valence-corrected chi connectivity index (χ3v) is 13.0. The summed E-state index contributed by atoms with van der Waals surface area (Å²) in [5, 5.41) is 8.62. The molecule has 1 aliphatic rings. The topological polar surface area (TPSA) is 15.7 Å². The van der Waals surface area contributed by atoms with Gasteiger partial charge in [-0.3, -0.25) is 0 Å². The van der Waals surface area contributed by atoms with Gasteiger partial charge >= 0.3 is 0 Å². The maximum atomic E-state index is 6.90. The van der Waals surface area contributed by atoms with Crippen molar-refractivity contribution in [3.05, 3.63) is 188 Å². The van der Waals surface area contributed by atoms with Gasteiger partial charge in [0, 0.05) is 50.8 Å². The monoisotopic (exact) mass is 724 g/mol. The van der Waals surface area contributed by atoms with Crippen LogP contribution in [-0.4, -0.2) is 8.07 Å². The Morgan fingerprint density at radius 1 is 0.364 bits per heavy atom. The molecule has 10 rings (SSSR count). The molecule has 4 heteroatoms. The molecule has 0 spiro atoms. The largest absolute Gasteiger partial charge is 0.456 e. The molecule has 9 aromatic rings. The summed E-state index contributed by atoms with van der Waals surface area (Å²) in [6.07, 6.45) is 0. The van der Waals surface area contributed by atoms with Crippen LogP contribution in [-0.2, 0) is 0 Å². The Morgan fingerprint density at radius 2 is 0.891 bits per heavy atom. The summed E-state index contributed by atoms with van der Waals surface area (Å²) in [6, 6.07) is 67.9. The number of benzene rings is 9. The van der Waals surface area contributed by atoms with Crippen molar-refractivity contribution in [3.8, 4) is 22.6 Å². The van der Waals surface area contributed by atoms with Crippen molar-refractivity contribution in [2.75, 3.05) is 9.80 Å². The van der Waals surface area contributed by atoms with Crippen LogP contribution in [0, 0.1) is 0 Å². The van der Waals surface area contributed by atoms with E-state index in [4.69, 9.17) is 4.74 Å². The molecule has 0 bridgehead atoms. The average Bonchev–Trinajstić information content (AvgIpc) is 3.22. The summed E-state index contributed by atoms with van der Waals surface area (Å²) in [6.45, 7) is 7.18. The highest BCUT2D eigenvalue weighted by Crippen LogP contribution is 2.52. The molecule has 0 unspecified atom stereocenters. The number of hydrogen-bond acceptors (Lipinski definition) is 3. The van der Waals surface area contributed by atoms with Crippen LogP contribution in [0.2, 0.25) is 19.6 Å². The molecule has 55 heavy (non-hydrogen) atoms. The van der Waals surface area contributed by atoms with Gasteiger partial charge in [-0.2, -0.15) is 0 Å². The molecule has 0 saturated carbocycles. The van der Waals surface area contributed by atoms with E-state index in [9.17, 15) is 0 Å². The second-order valence-corrected chi connectivity index (χ2v) is 20.5. The van der Waals surface area contributed by atoms with Crippen LogP contribution in [0.25, 0.3) is 43.4 Å². The molecular formula is C51H40N2OSi. The van der Waals surface area contributed by atoms with Crippen LogP contribution in [0.5, 0.6) is 11.5 Å². The second kappa shape index (κ2) is 13.0. The first kappa shape index (κ1) is 33.0. The van der Waals surface area contributed by atoms with Crippen molar-refractivity contribution in [1.82, 2.24) is 0 Å². The van der Waals surface area contributed by atoms with E-state index in [1.165, 1.54) is 37.7 Å². The van der Waals surface area contributed by atoms with Crippen molar-refractivity contribution in [2.24, 2.45) is 0 Å². The van der Waals surface area contributed by atoms with Gasteiger partial charge in [-0.1, -0.05) is 128 Å². The number of rotatable bonds is 7. The fraction of sp³-hybridized carbons (Fsp3) is 0.0588. The Morgan fingerprint density at radius 3 is 1.53 bits per heavy atom. The quantitative estimate of drug-likeness (QED) is 0.120. The zero-order chi connectivity index (χ0) is 37.1. The Bertz CT molecular complexity index is 2830. The van der Waals surface area contributed by atoms with E-state index in [2.05, 4.69) is 217 Å². The summed E-state index contributed by atoms with van der Waals surface area (Å²) in [7, 11) is -1.44. The highest BCUT2D eigenvalue weighted by Gasteiger charge is 2.26. The second-order valence-electron chi connectivity index (χ2n) is 15.4. The molecule has 3 nitrogen and oxygen atoms in total. The summed E-state index contributed by atoms with van der Waals surface area (Å²) >= 11 is 0. The van der Waals surface area contributed by atoms with E-state index in [0.717, 1.165) is 56.6 Å². The van der Waals surface area contributed by atoms with Crippen molar-refractivity contribution in [1.29, 1.82) is 0 Å². The van der Waals surface area contributed by atoms with E-state index in [0.29, 0.717) is 0 Å². The molecule has 0 aliphatic carbocycles. The lowest BCUT2D eigenvalue weighted by Crippen LogP contribution is -2.37. The minimum atomic E-state index is -1.44. The number of hydrogen-bond donors (Lipinski definition) is 0. The molecule has 0 amide bonds. The minimum absolute atomic E-state index is 0.858. The molecule has 0 fully saturated rings. The van der Waals surface area contributed by atoms with E-state index in [1.807, 2.05) is 0 Å². The van der Waals surface area contributed by atoms with E-state index in [1.54, 1.807) is 0 Å². The number of nitrogens with zero attached hydrogens (tertiary/aromatic N) is 2. The molecule has 1 aliphatic heterocycles. The van der Waals surface area contributed by atoms with Gasteiger partial charge in [0.05, 0.1) is 13.8 Å². The van der Waals surface area contributed by atoms with Crippen LogP contribution in [0.15, 0.2) is 188 Å². The molecule has 9 aromatic carbocycles. The smallest absolute Gasteiger partial charge is 0.137 e. The lowest BCUT2D eigenvalue weighted by atomic mass is 9.88. The average molecular weight is 725 g/mol. The van der Waals surface area contributed by atoms with E-state index >= 15 is 0 Å². The zero-order valence-electron chi connectivity index (χ0n) is 31.2. The summed E-state index contributed by atoms with van der Waals surface area (Å²) in [4.78, 5) is 4.70. The summed E-state index contributed by atoms with van der Waals surface area (Å²) in [5.41, 5.74) is 8.95. The molecule has 0 saturated heterocycles. The Hall–Kier alpha value is -6.62. The van der Waals surface area contributed by atoms with Crippen LogP contribution in [0.4, 0.5) is 34.1 Å². The molecule has 264 valence electrons. The Balaban J connectivity index is 1.17. The van der Waals surface area contributed by atoms with E-state index < -0.39 is 8.07 Å². The van der Waals surface area contributed by atoms with Gasteiger partial charge in [-0.15, -0.1) is 0 Å². The highest BCUT2D eigenvalue weighted by atomic mass is 28.3. The van der Waals surface area contributed by atoms with E-state index in [-0.39, 0.29) is 0 Å². The van der Waals surface area contributed by atoms with Gasteiger partial charge in [-0.05, 0) is 106 Å². The highest BCUT2D eigenvalue weighted by molar-refractivity contribution is 6.88. The number of fused-ring (bicyclic) bond motifs is 6. The third-order valence-electron chi connectivity index (χ3n) is 10.9. The number of ether oxygens (including phenoxy) is 1. The fourth-order valence-corrected chi connectivity index (χ4v) is 9.45. The molecule has 0 atom stereocenters. The van der Waals surface area contributed by atoms with Crippen molar-refractivity contribution in [2.45, 2.75) is 19.6 Å². The molecular weight excluding hydrogens is 685 g/mol. The molecule has 0 aromatic heterocycles. The van der Waals surface area contributed by atoms with Crippen LogP contribution in [0.3, 0.4) is 0 Å². The van der Waals surface area contributed by atoms with Crippen molar-refractivity contribution in [3.63, 3.8) is 0 Å². The van der Waals surface area contributed by atoms with Gasteiger partial charge < -0.3 is 14.5 Å². The predicted molar refractivity (Wildman–Crippen MR) is 237 cm³/mol. The van der Waals surface area contributed by atoms with Crippen LogP contribution >= 0.6 is 0 Å². The first-order valence-corrected chi connectivity index (χ1v) is 22.5. The predicted octanol–water partition coefficient (Wildman–Crippen LogP) is 14.4. The Labute approximate surface area is 323 Å². The van der Waals surface area contributed by atoms with Crippen molar-refractivity contribution < 1.29 is 4.74 Å². The minimum Gasteiger partial charge on any atom is -0.456 e. The lowest BCUT2D eigenvalue weighted by Gasteiger charge is -2.29. The summed E-state index contributed by atoms with van der Waals surface area (Å²) < 4.78 is 6.90. The standard InChI is InChI=1S/C51H40N2OSi/c1-55(2,3)40-29-26-38(27-30-40)52(35-16-7-4-8-17-35)39-28-31-43-47-33-45-41-22-13-14-23-42(41)48(53(36-18-9-5-10-19-36)37-20-11-6-12-21-37)34-46(45)44-24-15-25-49(51(44)47)54-50(43)32-39/h4-34H,1-3H3. The van der Waals surface area contributed by atoms with Gasteiger partial charge in [0.15, 0.2) is 0 Å². The van der Waals surface area contributed by atoms with Crippen molar-refractivity contribution >= 4 is 79.7 Å². The van der Waals surface area contributed by atoms with Crippen LogP contribution in [0.1, 0.15) is 0 Å². The van der Waals surface area contributed by atoms with Crippen LogP contribution < -0.4 is 19.7 Å². The molecule has 0 radical (unpaired) electrons.